The first-order valence-corrected chi connectivity index (χ1v) is 8.92. The van der Waals surface area contributed by atoms with Crippen LogP contribution in [0.15, 0.2) is 60.7 Å². The Labute approximate surface area is 165 Å². The maximum atomic E-state index is 9.33. The Kier molecular flexibility index (Phi) is 3.53. The predicted molar refractivity (Wildman–Crippen MR) is 111 cm³/mol. The van der Waals surface area contributed by atoms with E-state index in [9.17, 15) is 10.5 Å². The lowest BCUT2D eigenvalue weighted by Crippen LogP contribution is -1.85. The molecule has 0 spiro atoms. The molecule has 1 aromatic heterocycles. The van der Waals surface area contributed by atoms with Gasteiger partial charge in [0.2, 0.25) is 0 Å². The molecule has 5 heteroatoms. The Hall–Kier alpha value is -4.66. The van der Waals surface area contributed by atoms with Crippen LogP contribution in [-0.4, -0.2) is 9.97 Å². The van der Waals surface area contributed by atoms with Crippen molar-refractivity contribution in [2.45, 2.75) is 0 Å². The SMILES string of the molecule is N#Cc1ccc(-c2nc3c4ccc(C#N)cc4c4cc(C#N)ccc4c3[nH]2)cc1. The molecule has 0 aliphatic carbocycles. The van der Waals surface area contributed by atoms with Gasteiger partial charge in [0.25, 0.3) is 0 Å². The van der Waals surface area contributed by atoms with Gasteiger partial charge in [-0.25, -0.2) is 4.98 Å². The van der Waals surface area contributed by atoms with E-state index in [2.05, 4.69) is 23.2 Å². The summed E-state index contributed by atoms with van der Waals surface area (Å²) in [6, 6.07) is 24.8. The maximum Gasteiger partial charge on any atom is 0.138 e. The highest BCUT2D eigenvalue weighted by molar-refractivity contribution is 6.24. The number of nitrogens with one attached hydrogen (secondary N) is 1. The summed E-state index contributed by atoms with van der Waals surface area (Å²) in [6.45, 7) is 0. The minimum absolute atomic E-state index is 0.559. The number of aromatic nitrogens is 2. The normalized spacial score (nSPS) is 10.7. The monoisotopic (exact) mass is 369 g/mol. The largest absolute Gasteiger partial charge is 0.337 e. The van der Waals surface area contributed by atoms with Crippen LogP contribution in [0.4, 0.5) is 0 Å². The summed E-state index contributed by atoms with van der Waals surface area (Å²) in [5, 5.41) is 31.3. The first-order valence-electron chi connectivity index (χ1n) is 8.92. The number of imidazole rings is 1. The maximum absolute atomic E-state index is 9.33. The van der Waals surface area contributed by atoms with Crippen molar-refractivity contribution in [1.82, 2.24) is 9.97 Å². The molecule has 1 heterocycles. The lowest BCUT2D eigenvalue weighted by atomic mass is 9.97. The molecule has 5 rings (SSSR count). The molecule has 0 aliphatic rings. The number of nitriles is 3. The number of fused-ring (bicyclic) bond motifs is 6. The number of benzene rings is 4. The van der Waals surface area contributed by atoms with E-state index in [0.29, 0.717) is 22.5 Å². The Balaban J connectivity index is 1.90. The molecule has 0 aliphatic heterocycles. The molecular weight excluding hydrogens is 358 g/mol. The van der Waals surface area contributed by atoms with Gasteiger partial charge in [0.05, 0.1) is 45.9 Å². The lowest BCUT2D eigenvalue weighted by molar-refractivity contribution is 1.34. The molecule has 29 heavy (non-hydrogen) atoms. The van der Waals surface area contributed by atoms with Gasteiger partial charge in [0.15, 0.2) is 0 Å². The van der Waals surface area contributed by atoms with E-state index in [1.165, 1.54) is 0 Å². The Morgan fingerprint density at radius 1 is 0.621 bits per heavy atom. The summed E-state index contributed by atoms with van der Waals surface area (Å²) in [6.07, 6.45) is 0. The third kappa shape index (κ3) is 2.49. The van der Waals surface area contributed by atoms with Gasteiger partial charge in [0.1, 0.15) is 5.82 Å². The van der Waals surface area contributed by atoms with Crippen molar-refractivity contribution in [2.24, 2.45) is 0 Å². The zero-order chi connectivity index (χ0) is 20.0. The summed E-state index contributed by atoms with van der Waals surface area (Å²) < 4.78 is 0. The molecule has 0 unspecified atom stereocenters. The van der Waals surface area contributed by atoms with Crippen molar-refractivity contribution >= 4 is 32.6 Å². The van der Waals surface area contributed by atoms with Gasteiger partial charge in [-0.15, -0.1) is 0 Å². The van der Waals surface area contributed by atoms with Crippen molar-refractivity contribution in [3.63, 3.8) is 0 Å². The van der Waals surface area contributed by atoms with Crippen LogP contribution in [0.1, 0.15) is 16.7 Å². The second-order valence-electron chi connectivity index (χ2n) is 6.74. The topological polar surface area (TPSA) is 100 Å². The number of nitrogens with zero attached hydrogens (tertiary/aromatic N) is 4. The second kappa shape index (κ2) is 6.20. The molecule has 0 saturated carbocycles. The fourth-order valence-corrected chi connectivity index (χ4v) is 3.70. The van der Waals surface area contributed by atoms with Crippen LogP contribution in [0, 0.1) is 34.0 Å². The molecule has 5 nitrogen and oxygen atoms in total. The van der Waals surface area contributed by atoms with Crippen molar-refractivity contribution in [3.8, 4) is 29.6 Å². The Morgan fingerprint density at radius 3 is 1.79 bits per heavy atom. The fourth-order valence-electron chi connectivity index (χ4n) is 3.70. The molecule has 0 fully saturated rings. The summed E-state index contributed by atoms with van der Waals surface area (Å²) in [4.78, 5) is 8.24. The molecule has 0 radical (unpaired) electrons. The first-order chi connectivity index (χ1) is 14.2. The van der Waals surface area contributed by atoms with Crippen LogP contribution in [0.2, 0.25) is 0 Å². The first kappa shape index (κ1) is 16.5. The fraction of sp³-hybridized carbons (Fsp3) is 0. The van der Waals surface area contributed by atoms with Gasteiger partial charge < -0.3 is 4.98 Å². The van der Waals surface area contributed by atoms with E-state index in [4.69, 9.17) is 10.2 Å². The van der Waals surface area contributed by atoms with Crippen molar-refractivity contribution in [2.75, 3.05) is 0 Å². The average Bonchev–Trinajstić information content (AvgIpc) is 3.24. The van der Waals surface area contributed by atoms with E-state index < -0.39 is 0 Å². The number of aromatic amines is 1. The van der Waals surface area contributed by atoms with Crippen molar-refractivity contribution in [1.29, 1.82) is 15.8 Å². The lowest BCUT2D eigenvalue weighted by Gasteiger charge is -2.07. The molecule has 0 bridgehead atoms. The number of hydrogen-bond acceptors (Lipinski definition) is 4. The summed E-state index contributed by atoms with van der Waals surface area (Å²) in [5.41, 5.74) is 4.27. The summed E-state index contributed by atoms with van der Waals surface area (Å²) >= 11 is 0. The van der Waals surface area contributed by atoms with Crippen molar-refractivity contribution < 1.29 is 0 Å². The number of H-pyrrole nitrogens is 1. The minimum Gasteiger partial charge on any atom is -0.337 e. The Morgan fingerprint density at radius 2 is 1.17 bits per heavy atom. The zero-order valence-electron chi connectivity index (χ0n) is 15.1. The highest BCUT2D eigenvalue weighted by atomic mass is 14.9. The van der Waals surface area contributed by atoms with Crippen molar-refractivity contribution in [3.05, 3.63) is 77.4 Å². The summed E-state index contributed by atoms with van der Waals surface area (Å²) in [7, 11) is 0. The van der Waals surface area contributed by atoms with Crippen LogP contribution in [-0.2, 0) is 0 Å². The van der Waals surface area contributed by atoms with E-state index in [1.807, 2.05) is 36.4 Å². The third-order valence-corrected chi connectivity index (χ3v) is 5.10. The Bertz CT molecular complexity index is 1480. The standard InChI is InChI=1S/C24H11N5/c25-11-14-1-5-17(6-2-14)24-28-22-18-7-3-15(12-26)9-20(18)21-10-16(13-27)4-8-19(21)23(22)29-24/h1-10H,(H,28,29). The van der Waals surface area contributed by atoms with Crippen LogP contribution in [0.5, 0.6) is 0 Å². The summed E-state index contributed by atoms with van der Waals surface area (Å²) in [5.74, 6) is 0.701. The van der Waals surface area contributed by atoms with E-state index in [-0.39, 0.29) is 0 Å². The molecule has 0 amide bonds. The molecular formula is C24H11N5. The third-order valence-electron chi connectivity index (χ3n) is 5.10. The zero-order valence-corrected chi connectivity index (χ0v) is 15.1. The molecule has 4 aromatic carbocycles. The van der Waals surface area contributed by atoms with Gasteiger partial charge in [-0.1, -0.05) is 12.1 Å². The highest BCUT2D eigenvalue weighted by Gasteiger charge is 2.15. The average molecular weight is 369 g/mol. The second-order valence-corrected chi connectivity index (χ2v) is 6.74. The van der Waals surface area contributed by atoms with Gasteiger partial charge in [-0.05, 0) is 59.3 Å². The molecule has 5 aromatic rings. The molecule has 1 N–H and O–H groups in total. The van der Waals surface area contributed by atoms with Gasteiger partial charge >= 0.3 is 0 Å². The van der Waals surface area contributed by atoms with E-state index >= 15 is 0 Å². The predicted octanol–water partition coefficient (Wildman–Crippen LogP) is 5.15. The molecule has 0 saturated heterocycles. The van der Waals surface area contributed by atoms with E-state index in [1.54, 1.807) is 24.3 Å². The van der Waals surface area contributed by atoms with E-state index in [0.717, 1.165) is 38.1 Å². The van der Waals surface area contributed by atoms with Crippen LogP contribution < -0.4 is 0 Å². The quantitative estimate of drug-likeness (QED) is 0.413. The van der Waals surface area contributed by atoms with Crippen LogP contribution in [0.3, 0.4) is 0 Å². The van der Waals surface area contributed by atoms with Crippen LogP contribution >= 0.6 is 0 Å². The highest BCUT2D eigenvalue weighted by Crippen LogP contribution is 2.36. The number of hydrogen-bond donors (Lipinski definition) is 1. The van der Waals surface area contributed by atoms with Gasteiger partial charge in [-0.2, -0.15) is 15.8 Å². The van der Waals surface area contributed by atoms with Gasteiger partial charge in [-0.3, -0.25) is 0 Å². The molecule has 0 atom stereocenters. The smallest absolute Gasteiger partial charge is 0.138 e. The number of rotatable bonds is 1. The van der Waals surface area contributed by atoms with Gasteiger partial charge in [0, 0.05) is 16.3 Å². The molecule has 132 valence electrons. The minimum atomic E-state index is 0.559. The van der Waals surface area contributed by atoms with Crippen LogP contribution in [0.25, 0.3) is 44.0 Å².